The Hall–Kier alpha value is -0.580. The molecule has 0 bridgehead atoms. The summed E-state index contributed by atoms with van der Waals surface area (Å²) in [6.07, 6.45) is 5.43. The summed E-state index contributed by atoms with van der Waals surface area (Å²) < 4.78 is 1.12. The van der Waals surface area contributed by atoms with Crippen molar-refractivity contribution < 1.29 is 0 Å². The van der Waals surface area contributed by atoms with E-state index >= 15 is 0 Å². The molecule has 116 valence electrons. The smallest absolute Gasteiger partial charge is 0.0412 e. The number of piperidine rings is 1. The average molecular weight is 352 g/mol. The number of rotatable bonds is 4. The van der Waals surface area contributed by atoms with E-state index in [1.54, 1.807) is 0 Å². The standard InChI is InChI=1S/C17H26BrN3/c18-16-3-4-17(15(11-16)12-19)21-9-5-14(6-10-21)13-20-7-1-2-8-20/h3-4,11,14H,1-2,5-10,12-13,19H2. The van der Waals surface area contributed by atoms with Gasteiger partial charge in [-0.2, -0.15) is 0 Å². The van der Waals surface area contributed by atoms with Gasteiger partial charge < -0.3 is 15.5 Å². The second kappa shape index (κ2) is 7.12. The molecule has 0 aliphatic carbocycles. The summed E-state index contributed by atoms with van der Waals surface area (Å²) in [5, 5.41) is 0. The van der Waals surface area contributed by atoms with Crippen LogP contribution in [0.1, 0.15) is 31.2 Å². The monoisotopic (exact) mass is 351 g/mol. The molecule has 1 aromatic rings. The molecule has 2 fully saturated rings. The van der Waals surface area contributed by atoms with Gasteiger partial charge in [-0.15, -0.1) is 0 Å². The van der Waals surface area contributed by atoms with Crippen molar-refractivity contribution in [1.82, 2.24) is 4.90 Å². The van der Waals surface area contributed by atoms with Gasteiger partial charge in [0.1, 0.15) is 0 Å². The van der Waals surface area contributed by atoms with Crippen LogP contribution in [-0.4, -0.2) is 37.6 Å². The molecule has 0 aromatic heterocycles. The number of halogens is 1. The fourth-order valence-electron chi connectivity index (χ4n) is 3.71. The highest BCUT2D eigenvalue weighted by Crippen LogP contribution is 2.29. The molecule has 2 aliphatic rings. The van der Waals surface area contributed by atoms with Crippen molar-refractivity contribution in [3.8, 4) is 0 Å². The second-order valence-corrected chi connectivity index (χ2v) is 7.33. The van der Waals surface area contributed by atoms with E-state index in [1.165, 1.54) is 69.7 Å². The lowest BCUT2D eigenvalue weighted by atomic mass is 9.95. The van der Waals surface area contributed by atoms with Gasteiger partial charge in [0.15, 0.2) is 0 Å². The Morgan fingerprint density at radius 2 is 1.81 bits per heavy atom. The van der Waals surface area contributed by atoms with Gasteiger partial charge in [0.05, 0.1) is 0 Å². The van der Waals surface area contributed by atoms with Crippen LogP contribution in [0.3, 0.4) is 0 Å². The summed E-state index contributed by atoms with van der Waals surface area (Å²) in [6.45, 7) is 6.93. The molecule has 2 heterocycles. The van der Waals surface area contributed by atoms with Gasteiger partial charge in [0.25, 0.3) is 0 Å². The van der Waals surface area contributed by atoms with E-state index in [0.29, 0.717) is 6.54 Å². The van der Waals surface area contributed by atoms with Gasteiger partial charge >= 0.3 is 0 Å². The maximum Gasteiger partial charge on any atom is 0.0412 e. The lowest BCUT2D eigenvalue weighted by molar-refractivity contribution is 0.249. The SMILES string of the molecule is NCc1cc(Br)ccc1N1CCC(CN2CCCC2)CC1. The quantitative estimate of drug-likeness (QED) is 0.903. The maximum atomic E-state index is 5.91. The molecule has 0 amide bonds. The largest absolute Gasteiger partial charge is 0.371 e. The topological polar surface area (TPSA) is 32.5 Å². The third-order valence-electron chi connectivity index (χ3n) is 4.93. The van der Waals surface area contributed by atoms with Gasteiger partial charge in [-0.25, -0.2) is 0 Å². The Labute approximate surface area is 136 Å². The van der Waals surface area contributed by atoms with E-state index in [4.69, 9.17) is 5.73 Å². The van der Waals surface area contributed by atoms with Crippen molar-refractivity contribution in [3.63, 3.8) is 0 Å². The molecule has 3 rings (SSSR count). The number of nitrogens with two attached hydrogens (primary N) is 1. The zero-order valence-corrected chi connectivity index (χ0v) is 14.3. The Kier molecular flexibility index (Phi) is 5.19. The minimum Gasteiger partial charge on any atom is -0.371 e. The van der Waals surface area contributed by atoms with Gasteiger partial charge in [0, 0.05) is 36.3 Å². The number of nitrogens with zero attached hydrogens (tertiary/aromatic N) is 2. The highest BCUT2D eigenvalue weighted by Gasteiger charge is 2.23. The predicted octanol–water partition coefficient (Wildman–Crippen LogP) is 3.22. The second-order valence-electron chi connectivity index (χ2n) is 6.42. The molecule has 21 heavy (non-hydrogen) atoms. The van der Waals surface area contributed by atoms with Crippen molar-refractivity contribution in [2.45, 2.75) is 32.2 Å². The summed E-state index contributed by atoms with van der Waals surface area (Å²) in [5.74, 6) is 0.885. The Morgan fingerprint density at radius 1 is 1.10 bits per heavy atom. The minimum absolute atomic E-state index is 0.614. The van der Waals surface area contributed by atoms with E-state index in [0.717, 1.165) is 10.4 Å². The number of benzene rings is 1. The first-order chi connectivity index (χ1) is 10.3. The van der Waals surface area contributed by atoms with Crippen molar-refractivity contribution in [2.75, 3.05) is 37.6 Å². The number of hydrogen-bond donors (Lipinski definition) is 1. The van der Waals surface area contributed by atoms with E-state index in [9.17, 15) is 0 Å². The number of anilines is 1. The molecule has 2 N–H and O–H groups in total. The average Bonchev–Trinajstić information content (AvgIpc) is 3.01. The van der Waals surface area contributed by atoms with Crippen LogP contribution in [0.4, 0.5) is 5.69 Å². The first-order valence-electron chi connectivity index (χ1n) is 8.22. The summed E-state index contributed by atoms with van der Waals surface area (Å²) in [5.41, 5.74) is 8.49. The van der Waals surface area contributed by atoms with Crippen LogP contribution in [0.2, 0.25) is 0 Å². The van der Waals surface area contributed by atoms with E-state index in [2.05, 4.69) is 43.9 Å². The fourth-order valence-corrected chi connectivity index (χ4v) is 4.12. The molecule has 0 radical (unpaired) electrons. The van der Waals surface area contributed by atoms with Gasteiger partial charge in [-0.3, -0.25) is 0 Å². The van der Waals surface area contributed by atoms with Crippen LogP contribution in [0.25, 0.3) is 0 Å². The van der Waals surface area contributed by atoms with Crippen molar-refractivity contribution in [2.24, 2.45) is 11.7 Å². The van der Waals surface area contributed by atoms with Crippen molar-refractivity contribution in [3.05, 3.63) is 28.2 Å². The third-order valence-corrected chi connectivity index (χ3v) is 5.43. The van der Waals surface area contributed by atoms with Gasteiger partial charge in [-0.1, -0.05) is 15.9 Å². The van der Waals surface area contributed by atoms with Crippen molar-refractivity contribution in [1.29, 1.82) is 0 Å². The first-order valence-corrected chi connectivity index (χ1v) is 9.01. The molecule has 0 atom stereocenters. The minimum atomic E-state index is 0.614. The van der Waals surface area contributed by atoms with E-state index in [1.807, 2.05) is 0 Å². The fraction of sp³-hybridized carbons (Fsp3) is 0.647. The normalized spacial score (nSPS) is 21.1. The maximum absolute atomic E-state index is 5.91. The van der Waals surface area contributed by atoms with Gasteiger partial charge in [0.2, 0.25) is 0 Å². The number of likely N-dealkylation sites (tertiary alicyclic amines) is 1. The zero-order valence-electron chi connectivity index (χ0n) is 12.7. The van der Waals surface area contributed by atoms with Crippen LogP contribution < -0.4 is 10.6 Å². The Morgan fingerprint density at radius 3 is 2.48 bits per heavy atom. The van der Waals surface area contributed by atoms with Crippen LogP contribution >= 0.6 is 15.9 Å². The molecular formula is C17H26BrN3. The van der Waals surface area contributed by atoms with E-state index < -0.39 is 0 Å². The van der Waals surface area contributed by atoms with Crippen molar-refractivity contribution >= 4 is 21.6 Å². The molecule has 2 aliphatic heterocycles. The molecular weight excluding hydrogens is 326 g/mol. The van der Waals surface area contributed by atoms with E-state index in [-0.39, 0.29) is 0 Å². The Balaban J connectivity index is 1.57. The predicted molar refractivity (Wildman–Crippen MR) is 92.6 cm³/mol. The zero-order chi connectivity index (χ0) is 14.7. The van der Waals surface area contributed by atoms with Crippen LogP contribution in [0, 0.1) is 5.92 Å². The van der Waals surface area contributed by atoms with Crippen LogP contribution in [0.5, 0.6) is 0 Å². The first kappa shape index (κ1) is 15.3. The highest BCUT2D eigenvalue weighted by molar-refractivity contribution is 9.10. The molecule has 0 spiro atoms. The summed E-state index contributed by atoms with van der Waals surface area (Å²) >= 11 is 3.54. The summed E-state index contributed by atoms with van der Waals surface area (Å²) in [4.78, 5) is 5.18. The molecule has 1 aromatic carbocycles. The Bertz CT molecular complexity index is 463. The summed E-state index contributed by atoms with van der Waals surface area (Å²) in [6, 6.07) is 6.50. The molecule has 0 saturated carbocycles. The molecule has 4 heteroatoms. The molecule has 3 nitrogen and oxygen atoms in total. The highest BCUT2D eigenvalue weighted by atomic mass is 79.9. The summed E-state index contributed by atoms with van der Waals surface area (Å²) in [7, 11) is 0. The number of hydrogen-bond acceptors (Lipinski definition) is 3. The van der Waals surface area contributed by atoms with Crippen LogP contribution in [0.15, 0.2) is 22.7 Å². The molecule has 0 unspecified atom stereocenters. The van der Waals surface area contributed by atoms with Crippen LogP contribution in [-0.2, 0) is 6.54 Å². The lowest BCUT2D eigenvalue weighted by Gasteiger charge is -2.36. The third kappa shape index (κ3) is 3.79. The molecule has 2 saturated heterocycles. The lowest BCUT2D eigenvalue weighted by Crippen LogP contribution is -2.38. The van der Waals surface area contributed by atoms with Gasteiger partial charge in [-0.05, 0) is 68.5 Å².